The largest absolute Gasteiger partial charge is 0.416 e. The van der Waals surface area contributed by atoms with Gasteiger partial charge in [-0.15, -0.1) is 10.2 Å². The van der Waals surface area contributed by atoms with E-state index in [1.54, 1.807) is 12.4 Å². The maximum atomic E-state index is 13.2. The number of nitrogens with zero attached hydrogens (tertiary/aromatic N) is 6. The molecule has 1 unspecified atom stereocenters. The summed E-state index contributed by atoms with van der Waals surface area (Å²) >= 11 is 0. The molecule has 3 aromatic heterocycles. The second-order valence-electron chi connectivity index (χ2n) is 11.3. The number of aryl methyl sites for hydroxylation is 1. The fourth-order valence-corrected chi connectivity index (χ4v) is 4.91. The number of hydrogen-bond donors (Lipinski definition) is 3. The number of H-pyrrole nitrogens is 1. The average Bonchev–Trinajstić information content (AvgIpc) is 3.52. The number of fused-ring (bicyclic) bond motifs is 1. The molecule has 40 heavy (non-hydrogen) atoms. The smallest absolute Gasteiger partial charge is 0.309 e. The second-order valence-corrected chi connectivity index (χ2v) is 11.3. The number of aromatic amines is 1. The summed E-state index contributed by atoms with van der Waals surface area (Å²) < 4.78 is 11.2. The van der Waals surface area contributed by atoms with E-state index in [1.807, 2.05) is 39.8 Å². The van der Waals surface area contributed by atoms with Crippen molar-refractivity contribution in [2.75, 3.05) is 31.6 Å². The normalized spacial score (nSPS) is 18.1. The van der Waals surface area contributed by atoms with Gasteiger partial charge in [-0.2, -0.15) is 5.10 Å². The van der Waals surface area contributed by atoms with Crippen molar-refractivity contribution in [1.82, 2.24) is 40.6 Å². The van der Waals surface area contributed by atoms with E-state index in [2.05, 4.69) is 53.0 Å². The molecule has 4 aromatic rings. The van der Waals surface area contributed by atoms with Crippen LogP contribution >= 0.6 is 0 Å². The van der Waals surface area contributed by atoms with Crippen LogP contribution in [0.4, 0.5) is 11.6 Å². The van der Waals surface area contributed by atoms with Gasteiger partial charge in [-0.1, -0.05) is 32.9 Å². The van der Waals surface area contributed by atoms with E-state index in [-0.39, 0.29) is 23.3 Å². The lowest BCUT2D eigenvalue weighted by Crippen LogP contribution is -2.51. The van der Waals surface area contributed by atoms with Crippen LogP contribution in [0.25, 0.3) is 11.3 Å². The molecule has 2 aliphatic rings. The minimum Gasteiger partial charge on any atom is -0.416 e. The monoisotopic (exact) mass is 543 g/mol. The SMILES string of the molecule is Cc1[nH]ncc1Nc1nccc(-c2ccc3c(c2)CCN(C2COC2)CC3NC(=O)c2nnc(C(C)(C)C)o2)n1. The molecule has 0 bridgehead atoms. The minimum atomic E-state index is -0.379. The Balaban J connectivity index is 1.27. The van der Waals surface area contributed by atoms with Crippen LogP contribution in [0.3, 0.4) is 0 Å². The standard InChI is InChI=1S/C28H33N9O3/c1-16-22(12-30-34-16)33-27-29-9-7-21(32-27)18-5-6-20-17(11-18)8-10-37(19-14-39-15-19)13-23(20)31-24(38)25-35-36-26(40-25)28(2,3)4/h5-7,9,11-12,19,23H,8,10,13-15H2,1-4H3,(H,30,34)(H,31,38)(H,29,32,33). The molecule has 1 atom stereocenters. The van der Waals surface area contributed by atoms with Crippen molar-refractivity contribution < 1.29 is 13.9 Å². The first kappa shape index (κ1) is 26.1. The van der Waals surface area contributed by atoms with Gasteiger partial charge in [0, 0.05) is 30.3 Å². The van der Waals surface area contributed by atoms with Crippen LogP contribution in [0.1, 0.15) is 60.2 Å². The lowest BCUT2D eigenvalue weighted by atomic mass is 9.96. The Morgan fingerprint density at radius 1 is 1.18 bits per heavy atom. The van der Waals surface area contributed by atoms with Crippen LogP contribution in [-0.2, 0) is 16.6 Å². The van der Waals surface area contributed by atoms with Gasteiger partial charge >= 0.3 is 11.8 Å². The van der Waals surface area contributed by atoms with Gasteiger partial charge in [0.25, 0.3) is 0 Å². The number of anilines is 2. The lowest BCUT2D eigenvalue weighted by molar-refractivity contribution is -0.0658. The highest BCUT2D eigenvalue weighted by molar-refractivity contribution is 5.89. The Bertz CT molecular complexity index is 1520. The molecule has 3 N–H and O–H groups in total. The van der Waals surface area contributed by atoms with Gasteiger partial charge in [-0.05, 0) is 36.6 Å². The number of carbonyl (C=O) groups excluding carboxylic acids is 1. The van der Waals surface area contributed by atoms with Crippen LogP contribution in [0.15, 0.2) is 41.1 Å². The molecule has 5 heterocycles. The zero-order chi connectivity index (χ0) is 27.9. The third-order valence-electron chi connectivity index (χ3n) is 7.33. The molecule has 1 amide bonds. The third-order valence-corrected chi connectivity index (χ3v) is 7.33. The summed E-state index contributed by atoms with van der Waals surface area (Å²) in [5.74, 6) is 0.515. The van der Waals surface area contributed by atoms with Crippen molar-refractivity contribution in [3.8, 4) is 11.3 Å². The first-order chi connectivity index (χ1) is 19.2. The third kappa shape index (κ3) is 5.32. The van der Waals surface area contributed by atoms with Crippen molar-refractivity contribution in [3.05, 3.63) is 65.3 Å². The maximum absolute atomic E-state index is 13.2. The number of benzene rings is 1. The van der Waals surface area contributed by atoms with E-state index in [9.17, 15) is 4.79 Å². The van der Waals surface area contributed by atoms with E-state index in [1.165, 1.54) is 0 Å². The topological polar surface area (TPSA) is 147 Å². The summed E-state index contributed by atoms with van der Waals surface area (Å²) in [5.41, 5.74) is 5.40. The van der Waals surface area contributed by atoms with Crippen molar-refractivity contribution in [2.24, 2.45) is 0 Å². The van der Waals surface area contributed by atoms with E-state index in [0.717, 1.165) is 46.7 Å². The fraction of sp³-hybridized carbons (Fsp3) is 0.429. The van der Waals surface area contributed by atoms with Gasteiger partial charge in [0.1, 0.15) is 0 Å². The second kappa shape index (κ2) is 10.4. The van der Waals surface area contributed by atoms with E-state index in [4.69, 9.17) is 14.1 Å². The zero-order valence-corrected chi connectivity index (χ0v) is 23.1. The molecule has 1 fully saturated rings. The number of ether oxygens (including phenoxy) is 1. The molecule has 208 valence electrons. The Hall–Kier alpha value is -4.16. The van der Waals surface area contributed by atoms with E-state index >= 15 is 0 Å². The van der Waals surface area contributed by atoms with Gasteiger partial charge in [0.05, 0.1) is 48.6 Å². The summed E-state index contributed by atoms with van der Waals surface area (Å²) in [5, 5.41) is 21.4. The van der Waals surface area contributed by atoms with Crippen LogP contribution in [0.5, 0.6) is 0 Å². The number of amides is 1. The molecular formula is C28H33N9O3. The molecule has 1 saturated heterocycles. The summed E-state index contributed by atoms with van der Waals surface area (Å²) in [7, 11) is 0. The van der Waals surface area contributed by atoms with Gasteiger partial charge in [0.2, 0.25) is 11.8 Å². The molecule has 0 radical (unpaired) electrons. The highest BCUT2D eigenvalue weighted by Gasteiger charge is 2.33. The van der Waals surface area contributed by atoms with Crippen LogP contribution < -0.4 is 10.6 Å². The van der Waals surface area contributed by atoms with Gasteiger partial charge < -0.3 is 19.8 Å². The summed E-state index contributed by atoms with van der Waals surface area (Å²) in [4.78, 5) is 24.7. The summed E-state index contributed by atoms with van der Waals surface area (Å²) in [6, 6.07) is 8.27. The number of aromatic nitrogens is 6. The van der Waals surface area contributed by atoms with Gasteiger partial charge in [-0.3, -0.25) is 14.8 Å². The molecule has 0 aliphatic carbocycles. The average molecular weight is 544 g/mol. The number of nitrogens with one attached hydrogen (secondary N) is 3. The molecule has 0 spiro atoms. The molecule has 1 aromatic carbocycles. The minimum absolute atomic E-state index is 0.0280. The zero-order valence-electron chi connectivity index (χ0n) is 23.1. The Labute approximate surface area is 232 Å². The van der Waals surface area contributed by atoms with Crippen molar-refractivity contribution in [2.45, 2.75) is 51.6 Å². The summed E-state index contributed by atoms with van der Waals surface area (Å²) in [6.07, 6.45) is 4.29. The predicted octanol–water partition coefficient (Wildman–Crippen LogP) is 3.33. The number of carbonyl (C=O) groups is 1. The molecule has 0 saturated carbocycles. The number of hydrogen-bond acceptors (Lipinski definition) is 10. The van der Waals surface area contributed by atoms with Crippen LogP contribution in [-0.4, -0.2) is 73.5 Å². The highest BCUT2D eigenvalue weighted by atomic mass is 16.5. The predicted molar refractivity (Wildman–Crippen MR) is 147 cm³/mol. The molecule has 6 rings (SSSR count). The quantitative estimate of drug-likeness (QED) is 0.331. The molecular weight excluding hydrogens is 510 g/mol. The first-order valence-electron chi connectivity index (χ1n) is 13.4. The summed E-state index contributed by atoms with van der Waals surface area (Å²) in [6.45, 7) is 10.8. The fourth-order valence-electron chi connectivity index (χ4n) is 4.91. The maximum Gasteiger partial charge on any atom is 0.309 e. The van der Waals surface area contributed by atoms with Crippen molar-refractivity contribution in [3.63, 3.8) is 0 Å². The van der Waals surface area contributed by atoms with Crippen molar-refractivity contribution >= 4 is 17.5 Å². The Morgan fingerprint density at radius 2 is 2.02 bits per heavy atom. The van der Waals surface area contributed by atoms with Crippen LogP contribution in [0.2, 0.25) is 0 Å². The molecule has 12 heteroatoms. The van der Waals surface area contributed by atoms with E-state index < -0.39 is 0 Å². The number of rotatable bonds is 6. The van der Waals surface area contributed by atoms with E-state index in [0.29, 0.717) is 37.6 Å². The first-order valence-corrected chi connectivity index (χ1v) is 13.4. The van der Waals surface area contributed by atoms with Crippen molar-refractivity contribution in [1.29, 1.82) is 0 Å². The van der Waals surface area contributed by atoms with Crippen LogP contribution in [0, 0.1) is 6.92 Å². The van der Waals surface area contributed by atoms with Gasteiger partial charge in [-0.25, -0.2) is 9.97 Å². The Kier molecular flexibility index (Phi) is 6.80. The Morgan fingerprint density at radius 3 is 2.73 bits per heavy atom. The molecule has 2 aliphatic heterocycles. The highest BCUT2D eigenvalue weighted by Crippen LogP contribution is 2.31. The molecule has 12 nitrogen and oxygen atoms in total. The lowest BCUT2D eigenvalue weighted by Gasteiger charge is -2.38. The van der Waals surface area contributed by atoms with Gasteiger partial charge in [0.15, 0.2) is 0 Å².